The van der Waals surface area contributed by atoms with Gasteiger partial charge in [-0.05, 0) is 50.2 Å². The van der Waals surface area contributed by atoms with E-state index < -0.39 is 5.41 Å². The molecule has 3 aromatic rings. The number of nitrogens with zero attached hydrogens (tertiary/aromatic N) is 2. The summed E-state index contributed by atoms with van der Waals surface area (Å²) >= 11 is 1.52. The molecule has 0 saturated heterocycles. The van der Waals surface area contributed by atoms with Gasteiger partial charge in [0.2, 0.25) is 12.7 Å². The molecule has 1 aliphatic heterocycles. The minimum absolute atomic E-state index is 0.0108. The van der Waals surface area contributed by atoms with Gasteiger partial charge in [-0.2, -0.15) is 0 Å². The first kappa shape index (κ1) is 25.7. The van der Waals surface area contributed by atoms with Crippen molar-refractivity contribution in [3.05, 3.63) is 70.7 Å². The molecule has 5 rings (SSSR count). The van der Waals surface area contributed by atoms with E-state index in [-0.39, 0.29) is 18.7 Å². The molecule has 0 spiro atoms. The lowest BCUT2D eigenvalue weighted by molar-refractivity contribution is -0.118. The van der Waals surface area contributed by atoms with Crippen LogP contribution in [-0.2, 0) is 10.2 Å². The summed E-state index contributed by atoms with van der Waals surface area (Å²) in [7, 11) is 4.10. The highest BCUT2D eigenvalue weighted by Gasteiger charge is 2.52. The Balaban J connectivity index is 0.000000771. The predicted octanol–water partition coefficient (Wildman–Crippen LogP) is 6.25. The Morgan fingerprint density at radius 2 is 1.71 bits per heavy atom. The zero-order valence-electron chi connectivity index (χ0n) is 20.9. The first-order chi connectivity index (χ1) is 16.6. The van der Waals surface area contributed by atoms with Crippen molar-refractivity contribution >= 4 is 22.4 Å². The fourth-order valence-corrected chi connectivity index (χ4v) is 5.04. The third-order valence-electron chi connectivity index (χ3n) is 5.76. The van der Waals surface area contributed by atoms with Gasteiger partial charge in [0.05, 0.1) is 11.5 Å². The molecule has 0 bridgehead atoms. The van der Waals surface area contributed by atoms with E-state index in [1.807, 2.05) is 70.3 Å². The Morgan fingerprint density at radius 1 is 1.03 bits per heavy atom. The summed E-state index contributed by atoms with van der Waals surface area (Å²) in [5.74, 6) is 1.43. The van der Waals surface area contributed by atoms with Gasteiger partial charge < -0.3 is 14.8 Å². The summed E-state index contributed by atoms with van der Waals surface area (Å²) in [4.78, 5) is 20.9. The van der Waals surface area contributed by atoms with Crippen LogP contribution in [0.4, 0.5) is 5.13 Å². The maximum absolute atomic E-state index is 13.2. The van der Waals surface area contributed by atoms with Crippen molar-refractivity contribution in [1.29, 1.82) is 0 Å². The molecule has 2 aliphatic rings. The molecule has 1 atom stereocenters. The van der Waals surface area contributed by atoms with Crippen LogP contribution in [0.2, 0.25) is 0 Å². The molecule has 1 amide bonds. The predicted molar refractivity (Wildman–Crippen MR) is 139 cm³/mol. The van der Waals surface area contributed by atoms with Crippen molar-refractivity contribution in [3.63, 3.8) is 0 Å². The van der Waals surface area contributed by atoms with E-state index in [4.69, 9.17) is 9.47 Å². The molecule has 182 valence electrons. The summed E-state index contributed by atoms with van der Waals surface area (Å²) in [6.45, 7) is 8.23. The minimum atomic E-state index is -0.507. The highest BCUT2D eigenvalue weighted by atomic mass is 32.1. The Hall–Kier alpha value is -2.90. The summed E-state index contributed by atoms with van der Waals surface area (Å²) in [5, 5.41) is 3.68. The molecule has 2 aromatic carbocycles. The molecule has 34 heavy (non-hydrogen) atoms. The number of thiazole rings is 1. The first-order valence-electron chi connectivity index (χ1n) is 12.0. The molecule has 1 aliphatic carbocycles. The third kappa shape index (κ3) is 5.26. The number of anilines is 1. The number of fused-ring (bicyclic) bond motifs is 1. The van der Waals surface area contributed by atoms with Crippen molar-refractivity contribution in [1.82, 2.24) is 9.88 Å². The van der Waals surface area contributed by atoms with Crippen LogP contribution < -0.4 is 14.8 Å². The van der Waals surface area contributed by atoms with Crippen LogP contribution in [0.15, 0.2) is 54.7 Å². The monoisotopic (exact) mass is 481 g/mol. The third-order valence-corrected chi connectivity index (χ3v) is 6.72. The topological polar surface area (TPSA) is 63.7 Å². The maximum Gasteiger partial charge on any atom is 0.236 e. The Kier molecular flexibility index (Phi) is 8.69. The summed E-state index contributed by atoms with van der Waals surface area (Å²) in [6, 6.07) is 16.2. The van der Waals surface area contributed by atoms with Gasteiger partial charge >= 0.3 is 0 Å². The zero-order valence-corrected chi connectivity index (χ0v) is 21.7. The van der Waals surface area contributed by atoms with Gasteiger partial charge in [0.15, 0.2) is 16.6 Å². The lowest BCUT2D eigenvalue weighted by atomic mass is 9.94. The van der Waals surface area contributed by atoms with Gasteiger partial charge in [0, 0.05) is 11.1 Å². The molecule has 6 nitrogen and oxygen atoms in total. The Bertz CT molecular complexity index is 1080. The van der Waals surface area contributed by atoms with E-state index in [1.54, 1.807) is 0 Å². The lowest BCUT2D eigenvalue weighted by Gasteiger charge is -2.23. The van der Waals surface area contributed by atoms with Crippen LogP contribution in [0.3, 0.4) is 0 Å². The average Bonchev–Trinajstić information content (AvgIpc) is 3.34. The first-order valence-corrected chi connectivity index (χ1v) is 12.8. The SMILES string of the molecule is CC.CC.CN(C)C(c1ccccc1)c1cnc(NC(=O)C2(c3ccc4c(c3)OCO4)CC2)s1. The van der Waals surface area contributed by atoms with Crippen molar-refractivity contribution in [3.8, 4) is 11.5 Å². The van der Waals surface area contributed by atoms with Crippen molar-refractivity contribution in [2.24, 2.45) is 0 Å². The summed E-state index contributed by atoms with van der Waals surface area (Å²) < 4.78 is 10.9. The van der Waals surface area contributed by atoms with Crippen molar-refractivity contribution in [2.75, 3.05) is 26.2 Å². The number of ether oxygens (including phenoxy) is 2. The number of aromatic nitrogens is 1. The molecule has 1 unspecified atom stereocenters. The number of nitrogens with one attached hydrogen (secondary N) is 1. The van der Waals surface area contributed by atoms with Crippen LogP contribution in [0.1, 0.15) is 62.6 Å². The second kappa shape index (κ2) is 11.5. The molecule has 2 heterocycles. The fourth-order valence-electron chi connectivity index (χ4n) is 4.01. The summed E-state index contributed by atoms with van der Waals surface area (Å²) in [5.41, 5.74) is 1.66. The zero-order chi connectivity index (χ0) is 24.7. The van der Waals surface area contributed by atoms with Crippen LogP contribution in [0.5, 0.6) is 11.5 Å². The number of hydrogen-bond acceptors (Lipinski definition) is 6. The summed E-state index contributed by atoms with van der Waals surface area (Å²) in [6.07, 6.45) is 3.50. The molecule has 1 fully saturated rings. The second-order valence-corrected chi connectivity index (χ2v) is 9.01. The van der Waals surface area contributed by atoms with Gasteiger partial charge in [-0.1, -0.05) is 75.4 Å². The molecule has 1 aromatic heterocycles. The van der Waals surface area contributed by atoms with Gasteiger partial charge in [-0.3, -0.25) is 9.69 Å². The molecular weight excluding hydrogens is 446 g/mol. The van der Waals surface area contributed by atoms with Gasteiger partial charge in [0.1, 0.15) is 0 Å². The average molecular weight is 482 g/mol. The Morgan fingerprint density at radius 3 is 2.35 bits per heavy atom. The van der Waals surface area contributed by atoms with Crippen LogP contribution in [0.25, 0.3) is 0 Å². The number of amides is 1. The number of benzene rings is 2. The van der Waals surface area contributed by atoms with E-state index in [1.165, 1.54) is 16.9 Å². The molecule has 7 heteroatoms. The van der Waals surface area contributed by atoms with Crippen LogP contribution in [0, 0.1) is 0 Å². The minimum Gasteiger partial charge on any atom is -0.454 e. The molecule has 1 N–H and O–H groups in total. The van der Waals surface area contributed by atoms with Crippen LogP contribution in [-0.4, -0.2) is 36.7 Å². The highest BCUT2D eigenvalue weighted by molar-refractivity contribution is 7.15. The fraction of sp³-hybridized carbons (Fsp3) is 0.407. The van der Waals surface area contributed by atoms with Crippen LogP contribution >= 0.6 is 11.3 Å². The largest absolute Gasteiger partial charge is 0.454 e. The van der Waals surface area contributed by atoms with E-state index in [9.17, 15) is 4.79 Å². The van der Waals surface area contributed by atoms with Gasteiger partial charge in [0.25, 0.3) is 0 Å². The lowest BCUT2D eigenvalue weighted by Crippen LogP contribution is -2.27. The standard InChI is InChI=1S/C23H23N3O3S.2C2H6/c1-26(2)20(15-6-4-3-5-7-15)19-13-24-22(30-19)25-21(27)23(10-11-23)16-8-9-17-18(12-16)29-14-28-17;2*1-2/h3-9,12-13,20H,10-11,14H2,1-2H3,(H,24,25,27);2*1-2H3. The molecular formula is C27H35N3O3S. The maximum atomic E-state index is 13.2. The number of rotatable bonds is 6. The van der Waals surface area contributed by atoms with Gasteiger partial charge in [-0.25, -0.2) is 4.98 Å². The van der Waals surface area contributed by atoms with E-state index >= 15 is 0 Å². The van der Waals surface area contributed by atoms with Gasteiger partial charge in [-0.15, -0.1) is 0 Å². The van der Waals surface area contributed by atoms with Crippen molar-refractivity contribution < 1.29 is 14.3 Å². The Labute approximate surface area is 206 Å². The van der Waals surface area contributed by atoms with E-state index in [0.29, 0.717) is 10.9 Å². The number of hydrogen-bond donors (Lipinski definition) is 1. The number of carbonyl (C=O) groups is 1. The van der Waals surface area contributed by atoms with Crippen molar-refractivity contribution in [2.45, 2.75) is 52.0 Å². The molecule has 0 radical (unpaired) electrons. The highest BCUT2D eigenvalue weighted by Crippen LogP contribution is 2.51. The normalized spacial score (nSPS) is 15.4. The van der Waals surface area contributed by atoms with E-state index in [2.05, 4.69) is 41.4 Å². The smallest absolute Gasteiger partial charge is 0.236 e. The quantitative estimate of drug-likeness (QED) is 0.451. The second-order valence-electron chi connectivity index (χ2n) is 7.95. The number of carbonyl (C=O) groups excluding carboxylic acids is 1. The van der Waals surface area contributed by atoms with E-state index in [0.717, 1.165) is 29.0 Å². The molecule has 1 saturated carbocycles.